The lowest BCUT2D eigenvalue weighted by Gasteiger charge is -2.44. The van der Waals surface area contributed by atoms with Gasteiger partial charge in [0.2, 0.25) is 11.0 Å². The zero-order chi connectivity index (χ0) is 45.8. The lowest BCUT2D eigenvalue weighted by molar-refractivity contribution is 0.106. The summed E-state index contributed by atoms with van der Waals surface area (Å²) >= 11 is 12.2. The molecule has 2 atom stereocenters. The van der Waals surface area contributed by atoms with Crippen LogP contribution in [0.1, 0.15) is 139 Å². The highest BCUT2D eigenvalue weighted by Gasteiger charge is 2.50. The first kappa shape index (κ1) is 49.1. The summed E-state index contributed by atoms with van der Waals surface area (Å²) in [5.41, 5.74) is 6.59. The molecular weight excluding hydrogens is 902 g/mol. The van der Waals surface area contributed by atoms with Gasteiger partial charge in [0.15, 0.2) is 5.52 Å². The molecule has 6 aliphatic rings. The van der Waals surface area contributed by atoms with E-state index in [-0.39, 0.29) is 11.0 Å². The molecule has 6 fully saturated rings. The van der Waals surface area contributed by atoms with Crippen LogP contribution < -0.4 is 28.4 Å². The summed E-state index contributed by atoms with van der Waals surface area (Å²) in [5.74, 6) is 3.79. The van der Waals surface area contributed by atoms with Crippen LogP contribution in [0.25, 0.3) is 0 Å². The third-order valence-electron chi connectivity index (χ3n) is 15.0. The molecule has 2 unspecified atom stereocenters. The van der Waals surface area contributed by atoms with Crippen molar-refractivity contribution in [3.05, 3.63) is 70.8 Å². The lowest BCUT2D eigenvalue weighted by atomic mass is 9.99. The second kappa shape index (κ2) is 21.4. The molecule has 0 amide bonds. The maximum absolute atomic E-state index is 13.5. The highest BCUT2D eigenvalue weighted by molar-refractivity contribution is 8.24. The molecule has 0 saturated carbocycles. The predicted octanol–water partition coefficient (Wildman–Crippen LogP) is 12.8. The van der Waals surface area contributed by atoms with Gasteiger partial charge in [-0.2, -0.15) is 0 Å². The third kappa shape index (κ3) is 9.25. The van der Waals surface area contributed by atoms with Crippen molar-refractivity contribution in [2.24, 2.45) is 0 Å². The molecule has 6 aliphatic heterocycles. The van der Waals surface area contributed by atoms with Crippen LogP contribution in [0.2, 0.25) is 0 Å². The quantitative estimate of drug-likeness (QED) is 0.162. The summed E-state index contributed by atoms with van der Waals surface area (Å²) in [7, 11) is 9.15. The number of fused-ring (bicyclic) bond motifs is 6. The SMILES string of the molecule is COc1cc(C)c(C(=O)P2C3CCC2CC3)c(OC)c1.COc1cccc(OC)c1C(=O)P1(=S)C2CCCC1CCC2.COc1cccc(OC)c1C(=O)P1(=S)C2CCCCC1CC2. The lowest BCUT2D eigenvalue weighted by Crippen LogP contribution is -2.32. The molecule has 0 aliphatic carbocycles. The molecular formula is C50H67O9P3S2. The fourth-order valence-corrected chi connectivity index (χ4v) is 26.5. The maximum atomic E-state index is 13.5. The molecule has 0 aromatic heterocycles. The number of hydrogen-bond acceptors (Lipinski definition) is 11. The first-order chi connectivity index (χ1) is 30.9. The largest absolute Gasteiger partial charge is 0.497 e. The van der Waals surface area contributed by atoms with Gasteiger partial charge in [-0.15, -0.1) is 0 Å². The molecule has 9 rings (SSSR count). The van der Waals surface area contributed by atoms with Crippen LogP contribution in [0.5, 0.6) is 34.5 Å². The number of carbonyl (C=O) groups is 3. The second-order valence-corrected chi connectivity index (χ2v) is 31.0. The maximum Gasteiger partial charge on any atom is 0.201 e. The van der Waals surface area contributed by atoms with Crippen LogP contribution in [0.3, 0.4) is 0 Å². The second-order valence-electron chi connectivity index (χ2n) is 18.1. The van der Waals surface area contributed by atoms with E-state index in [4.69, 9.17) is 52.0 Å². The number of methoxy groups -OCH3 is 6. The monoisotopic (exact) mass is 968 g/mol. The van der Waals surface area contributed by atoms with Crippen LogP contribution in [0.4, 0.5) is 0 Å². The van der Waals surface area contributed by atoms with Crippen LogP contribution in [-0.4, -0.2) is 93.2 Å². The van der Waals surface area contributed by atoms with Gasteiger partial charge < -0.3 is 28.4 Å². The summed E-state index contributed by atoms with van der Waals surface area (Å²) in [5, 5.41) is 0. The Kier molecular flexibility index (Phi) is 16.5. The molecule has 64 heavy (non-hydrogen) atoms. The molecule has 0 N–H and O–H groups in total. The van der Waals surface area contributed by atoms with Gasteiger partial charge in [0, 0.05) is 18.1 Å². The van der Waals surface area contributed by atoms with Gasteiger partial charge in [0.25, 0.3) is 0 Å². The number of ether oxygens (including phenoxy) is 6. The van der Waals surface area contributed by atoms with E-state index in [0.29, 0.717) is 79.4 Å². The highest BCUT2D eigenvalue weighted by Crippen LogP contribution is 2.71. The standard InChI is InChI=1S/2C17H23O3PS.C16H21O3P/c1-19-14-10-5-11-15(20-2)16(14)17(18)21(22)12-6-3-7-13(21)9-4-8-12;1-19-14-8-5-9-15(20-2)16(14)17(18)21(22)12-6-3-4-7-13(21)11-10-12;1-10-8-11(18-2)9-14(19-3)15(10)16(17)20-12-4-5-13(20)7-6-12/h5,10-13H,3-4,6-9H2,1-2H3;5,8-9,12-13H,3-4,6-7,10-11H2,1-2H3;8-9,12-13H,4-7H2,1-3H3. The minimum atomic E-state index is -2.09. The summed E-state index contributed by atoms with van der Waals surface area (Å²) in [4.78, 5) is 40.0. The van der Waals surface area contributed by atoms with Crippen molar-refractivity contribution in [1.29, 1.82) is 0 Å². The number of hydrogen-bond donors (Lipinski definition) is 0. The molecule has 0 radical (unpaired) electrons. The van der Waals surface area contributed by atoms with Crippen molar-refractivity contribution < 1.29 is 42.8 Å². The fourth-order valence-electron chi connectivity index (χ4n) is 11.8. The Morgan fingerprint density at radius 3 is 1.20 bits per heavy atom. The number of benzene rings is 3. The molecule has 348 valence electrons. The fraction of sp³-hybridized carbons (Fsp3) is 0.580. The van der Waals surface area contributed by atoms with Crippen molar-refractivity contribution in [1.82, 2.24) is 0 Å². The van der Waals surface area contributed by atoms with Gasteiger partial charge in [-0.25, -0.2) is 0 Å². The van der Waals surface area contributed by atoms with Crippen molar-refractivity contribution in [2.45, 2.75) is 144 Å². The van der Waals surface area contributed by atoms with Crippen molar-refractivity contribution in [2.75, 3.05) is 42.7 Å². The first-order valence-corrected chi connectivity index (χ1v) is 30.5. The Morgan fingerprint density at radius 2 is 0.844 bits per heavy atom. The van der Waals surface area contributed by atoms with Crippen molar-refractivity contribution in [3.63, 3.8) is 0 Å². The van der Waals surface area contributed by atoms with E-state index in [1.165, 1.54) is 51.4 Å². The summed E-state index contributed by atoms with van der Waals surface area (Å²) in [6, 6.07) is 10.6. The molecule has 3 aromatic rings. The molecule has 6 heterocycles. The Labute approximate surface area is 392 Å². The van der Waals surface area contributed by atoms with E-state index in [1.807, 2.05) is 55.5 Å². The highest BCUT2D eigenvalue weighted by atomic mass is 32.4. The Hall–Kier alpha value is -2.80. The number of carbonyl (C=O) groups excluding carboxylic acids is 3. The average molecular weight is 969 g/mol. The van der Waals surface area contributed by atoms with E-state index < -0.39 is 20.0 Å². The minimum absolute atomic E-state index is 0.145. The molecule has 9 nitrogen and oxygen atoms in total. The molecule has 6 bridgehead atoms. The van der Waals surface area contributed by atoms with Gasteiger partial charge in [0.05, 0.1) is 48.2 Å². The van der Waals surface area contributed by atoms with Crippen molar-refractivity contribution in [3.8, 4) is 34.5 Å². The molecule has 6 saturated heterocycles. The normalized spacial score (nSPS) is 29.7. The molecule has 0 spiro atoms. The topological polar surface area (TPSA) is 107 Å². The van der Waals surface area contributed by atoms with Crippen LogP contribution in [0, 0.1) is 6.92 Å². The number of aryl methyl sites for hydroxylation is 1. The van der Waals surface area contributed by atoms with Gasteiger partial charge in [-0.05, 0) is 162 Å². The summed E-state index contributed by atoms with van der Waals surface area (Å²) in [6.07, 6.45) is 18.9. The first-order valence-electron chi connectivity index (χ1n) is 23.2. The smallest absolute Gasteiger partial charge is 0.201 e. The Bertz CT molecular complexity index is 2100. The molecule has 14 heteroatoms. The average Bonchev–Trinajstić information content (AvgIpc) is 3.97. The Balaban J connectivity index is 0.000000144. The van der Waals surface area contributed by atoms with Crippen LogP contribution in [-0.2, 0) is 23.6 Å². The van der Waals surface area contributed by atoms with Crippen LogP contribution in [0.15, 0.2) is 48.5 Å². The van der Waals surface area contributed by atoms with Gasteiger partial charge >= 0.3 is 0 Å². The van der Waals surface area contributed by atoms with Gasteiger partial charge in [-0.3, -0.25) is 14.4 Å². The minimum Gasteiger partial charge on any atom is -0.497 e. The van der Waals surface area contributed by atoms with E-state index >= 15 is 0 Å². The number of rotatable bonds is 12. The van der Waals surface area contributed by atoms with E-state index in [0.717, 1.165) is 68.2 Å². The predicted molar refractivity (Wildman–Crippen MR) is 268 cm³/mol. The van der Waals surface area contributed by atoms with Crippen molar-refractivity contribution >= 4 is 60.2 Å². The van der Waals surface area contributed by atoms with Crippen LogP contribution >= 0.6 is 20.0 Å². The Morgan fingerprint density at radius 1 is 0.484 bits per heavy atom. The molecule has 3 aromatic carbocycles. The van der Waals surface area contributed by atoms with E-state index in [9.17, 15) is 14.4 Å². The summed E-state index contributed by atoms with van der Waals surface area (Å²) in [6.45, 7) is 1.98. The van der Waals surface area contributed by atoms with Gasteiger partial charge in [-0.1, -0.05) is 61.4 Å². The van der Waals surface area contributed by atoms with E-state index in [1.54, 1.807) is 42.7 Å². The van der Waals surface area contributed by atoms with Gasteiger partial charge in [0.1, 0.15) is 45.6 Å². The van der Waals surface area contributed by atoms with E-state index in [2.05, 4.69) is 0 Å². The summed E-state index contributed by atoms with van der Waals surface area (Å²) < 4.78 is 32.5. The zero-order valence-electron chi connectivity index (χ0n) is 38.7. The third-order valence-corrected chi connectivity index (χ3v) is 31.0. The zero-order valence-corrected chi connectivity index (χ0v) is 43.0.